The molecule has 0 saturated heterocycles. The van der Waals surface area contributed by atoms with Crippen molar-refractivity contribution in [3.8, 4) is 0 Å². The van der Waals surface area contributed by atoms with E-state index in [0.717, 1.165) is 11.1 Å². The van der Waals surface area contributed by atoms with Crippen molar-refractivity contribution in [2.24, 2.45) is 0 Å². The standard InChI is InChI=1S/C22H25N2O4P/c1-22(26,29(2,3)27)15-28-21(25)19-14-23-16-24(19)20(17-10-6-4-7-11-17)18-12-8-5-9-13-18/h4-14,16,20,26H,15H2,1-3H3. The van der Waals surface area contributed by atoms with Crippen LogP contribution in [0.15, 0.2) is 73.2 Å². The SMILES string of the molecule is CC(O)(COC(=O)c1cncn1C(c1ccccc1)c1ccccc1)P(C)(C)=O. The molecule has 0 aliphatic rings. The van der Waals surface area contributed by atoms with Crippen molar-refractivity contribution in [2.45, 2.75) is 18.3 Å². The first-order chi connectivity index (χ1) is 13.7. The summed E-state index contributed by atoms with van der Waals surface area (Å²) in [5.41, 5.74) is 2.23. The molecule has 3 aromatic rings. The molecule has 0 fully saturated rings. The van der Waals surface area contributed by atoms with E-state index in [-0.39, 0.29) is 18.3 Å². The molecule has 0 aliphatic heterocycles. The number of hydrogen-bond donors (Lipinski definition) is 1. The van der Waals surface area contributed by atoms with Crippen LogP contribution in [-0.2, 0) is 9.30 Å². The van der Waals surface area contributed by atoms with Crippen molar-refractivity contribution in [2.75, 3.05) is 19.9 Å². The smallest absolute Gasteiger partial charge is 0.356 e. The average molecular weight is 412 g/mol. The van der Waals surface area contributed by atoms with Gasteiger partial charge in [-0.3, -0.25) is 0 Å². The van der Waals surface area contributed by atoms with Crippen molar-refractivity contribution >= 4 is 13.1 Å². The minimum Gasteiger partial charge on any atom is -0.457 e. The van der Waals surface area contributed by atoms with E-state index in [4.69, 9.17) is 4.74 Å². The Morgan fingerprint density at radius 2 is 1.62 bits per heavy atom. The summed E-state index contributed by atoms with van der Waals surface area (Å²) < 4.78 is 19.3. The van der Waals surface area contributed by atoms with Crippen LogP contribution < -0.4 is 0 Å². The second kappa shape index (κ2) is 8.36. The number of aromatic nitrogens is 2. The van der Waals surface area contributed by atoms with Gasteiger partial charge in [-0.2, -0.15) is 0 Å². The predicted molar refractivity (Wildman–Crippen MR) is 113 cm³/mol. The van der Waals surface area contributed by atoms with Gasteiger partial charge in [-0.25, -0.2) is 9.78 Å². The summed E-state index contributed by atoms with van der Waals surface area (Å²) in [4.78, 5) is 16.9. The molecular weight excluding hydrogens is 387 g/mol. The number of aliphatic hydroxyl groups is 1. The fourth-order valence-electron chi connectivity index (χ4n) is 2.88. The van der Waals surface area contributed by atoms with E-state index < -0.39 is 18.5 Å². The van der Waals surface area contributed by atoms with Crippen LogP contribution in [-0.4, -0.2) is 45.9 Å². The number of ether oxygens (including phenoxy) is 1. The third kappa shape index (κ3) is 4.66. The van der Waals surface area contributed by atoms with E-state index >= 15 is 0 Å². The first-order valence-corrected chi connectivity index (χ1v) is 11.9. The van der Waals surface area contributed by atoms with Crippen molar-refractivity contribution in [1.29, 1.82) is 0 Å². The maximum Gasteiger partial charge on any atom is 0.356 e. The van der Waals surface area contributed by atoms with Gasteiger partial charge in [0.1, 0.15) is 24.8 Å². The Morgan fingerprint density at radius 3 is 2.10 bits per heavy atom. The minimum absolute atomic E-state index is 0.251. The summed E-state index contributed by atoms with van der Waals surface area (Å²) >= 11 is 0. The number of nitrogens with zero attached hydrogens (tertiary/aromatic N) is 2. The quantitative estimate of drug-likeness (QED) is 0.468. The highest BCUT2D eigenvalue weighted by molar-refractivity contribution is 7.63. The van der Waals surface area contributed by atoms with Gasteiger partial charge in [0.2, 0.25) is 0 Å². The number of carbonyl (C=O) groups is 1. The Hall–Kier alpha value is -2.69. The van der Waals surface area contributed by atoms with Gasteiger partial charge in [-0.05, 0) is 31.4 Å². The van der Waals surface area contributed by atoms with Crippen molar-refractivity contribution in [3.05, 3.63) is 90.0 Å². The van der Waals surface area contributed by atoms with Gasteiger partial charge in [0.15, 0.2) is 0 Å². The summed E-state index contributed by atoms with van der Waals surface area (Å²) in [5.74, 6) is -0.631. The van der Waals surface area contributed by atoms with Gasteiger partial charge in [-0.15, -0.1) is 0 Å². The van der Waals surface area contributed by atoms with E-state index in [1.807, 2.05) is 60.7 Å². The van der Waals surface area contributed by atoms with Gasteiger partial charge in [0.25, 0.3) is 0 Å². The van der Waals surface area contributed by atoms with Gasteiger partial charge in [0, 0.05) is 0 Å². The molecule has 1 heterocycles. The Bertz CT molecular complexity index is 970. The lowest BCUT2D eigenvalue weighted by Crippen LogP contribution is -2.32. The molecule has 1 aromatic heterocycles. The molecule has 7 heteroatoms. The van der Waals surface area contributed by atoms with Crippen LogP contribution in [0.2, 0.25) is 0 Å². The summed E-state index contributed by atoms with van der Waals surface area (Å²) in [6, 6.07) is 19.3. The fraction of sp³-hybridized carbons (Fsp3) is 0.273. The Kier molecular flexibility index (Phi) is 6.06. The Balaban J connectivity index is 1.94. The predicted octanol–water partition coefficient (Wildman–Crippen LogP) is 4.01. The molecule has 0 aliphatic carbocycles. The van der Waals surface area contributed by atoms with Crippen LogP contribution in [0.1, 0.15) is 34.6 Å². The van der Waals surface area contributed by atoms with Gasteiger partial charge in [0.05, 0.1) is 18.6 Å². The number of esters is 1. The van der Waals surface area contributed by atoms with Gasteiger partial charge in [-0.1, -0.05) is 60.7 Å². The van der Waals surface area contributed by atoms with E-state index in [2.05, 4.69) is 4.98 Å². The average Bonchev–Trinajstić information content (AvgIpc) is 3.16. The molecule has 2 aromatic carbocycles. The lowest BCUT2D eigenvalue weighted by atomic mass is 9.98. The molecule has 0 spiro atoms. The summed E-state index contributed by atoms with van der Waals surface area (Å²) in [5, 5.41) is 8.78. The molecule has 0 saturated carbocycles. The van der Waals surface area contributed by atoms with E-state index in [0.29, 0.717) is 0 Å². The zero-order chi connectivity index (χ0) is 21.1. The molecule has 1 N–H and O–H groups in total. The zero-order valence-electron chi connectivity index (χ0n) is 16.7. The summed E-state index contributed by atoms with van der Waals surface area (Å²) in [7, 11) is -2.87. The Morgan fingerprint density at radius 1 is 1.10 bits per heavy atom. The lowest BCUT2D eigenvalue weighted by Gasteiger charge is -2.27. The Labute approximate surface area is 170 Å². The van der Waals surface area contributed by atoms with Gasteiger partial charge >= 0.3 is 5.97 Å². The van der Waals surface area contributed by atoms with Crippen molar-refractivity contribution in [1.82, 2.24) is 9.55 Å². The van der Waals surface area contributed by atoms with Crippen LogP contribution in [0.25, 0.3) is 0 Å². The van der Waals surface area contributed by atoms with Crippen LogP contribution >= 0.6 is 7.14 Å². The number of carbonyl (C=O) groups excluding carboxylic acids is 1. The first-order valence-electron chi connectivity index (χ1n) is 9.27. The van der Waals surface area contributed by atoms with Crippen LogP contribution in [0.3, 0.4) is 0 Å². The largest absolute Gasteiger partial charge is 0.457 e. The molecule has 0 bridgehead atoms. The number of benzene rings is 2. The molecule has 0 amide bonds. The number of rotatable bonds is 7. The second-order valence-corrected chi connectivity index (χ2v) is 11.2. The normalized spacial score (nSPS) is 13.8. The lowest BCUT2D eigenvalue weighted by molar-refractivity contribution is 0.0157. The molecule has 1 unspecified atom stereocenters. The summed E-state index contributed by atoms with van der Waals surface area (Å²) in [6.45, 7) is 3.98. The topological polar surface area (TPSA) is 81.4 Å². The third-order valence-electron chi connectivity index (χ3n) is 5.02. The van der Waals surface area contributed by atoms with Crippen LogP contribution in [0, 0.1) is 0 Å². The highest BCUT2D eigenvalue weighted by Gasteiger charge is 2.36. The number of imidazole rings is 1. The van der Waals surface area contributed by atoms with Gasteiger partial charge < -0.3 is 19.0 Å². The van der Waals surface area contributed by atoms with Crippen molar-refractivity contribution in [3.63, 3.8) is 0 Å². The first kappa shape index (κ1) is 21.0. The molecular formula is C22H25N2O4P. The molecule has 152 valence electrons. The van der Waals surface area contributed by atoms with E-state index in [1.54, 1.807) is 10.9 Å². The fourth-order valence-corrected chi connectivity index (χ4v) is 3.26. The minimum atomic E-state index is -2.87. The van der Waals surface area contributed by atoms with E-state index in [9.17, 15) is 14.5 Å². The molecule has 3 rings (SSSR count). The third-order valence-corrected chi connectivity index (χ3v) is 7.47. The van der Waals surface area contributed by atoms with Crippen LogP contribution in [0.4, 0.5) is 0 Å². The second-order valence-electron chi connectivity index (χ2n) is 7.55. The highest BCUT2D eigenvalue weighted by Crippen LogP contribution is 2.49. The summed E-state index contributed by atoms with van der Waals surface area (Å²) in [6.07, 6.45) is 3.03. The molecule has 29 heavy (non-hydrogen) atoms. The maximum atomic E-state index is 12.8. The van der Waals surface area contributed by atoms with Crippen LogP contribution in [0.5, 0.6) is 0 Å². The molecule has 6 nitrogen and oxygen atoms in total. The molecule has 0 radical (unpaired) electrons. The highest BCUT2D eigenvalue weighted by atomic mass is 31.2. The monoisotopic (exact) mass is 412 g/mol. The number of hydrogen-bond acceptors (Lipinski definition) is 5. The molecule has 1 atom stereocenters. The van der Waals surface area contributed by atoms with E-state index in [1.165, 1.54) is 26.5 Å². The van der Waals surface area contributed by atoms with Crippen molar-refractivity contribution < 1.29 is 19.2 Å². The maximum absolute atomic E-state index is 12.8. The zero-order valence-corrected chi connectivity index (χ0v) is 17.6.